The summed E-state index contributed by atoms with van der Waals surface area (Å²) < 4.78 is 5.05. The van der Waals surface area contributed by atoms with Gasteiger partial charge in [0.15, 0.2) is 0 Å². The van der Waals surface area contributed by atoms with Gasteiger partial charge in [-0.1, -0.05) is 12.1 Å². The summed E-state index contributed by atoms with van der Waals surface area (Å²) >= 11 is 0. The van der Waals surface area contributed by atoms with E-state index in [-0.39, 0.29) is 23.2 Å². The van der Waals surface area contributed by atoms with E-state index in [0.717, 1.165) is 5.56 Å². The third-order valence-electron chi connectivity index (χ3n) is 3.48. The number of aromatic carboxylic acids is 2. The topological polar surface area (TPSA) is 116 Å². The van der Waals surface area contributed by atoms with Crippen molar-refractivity contribution in [3.05, 3.63) is 64.7 Å². The Morgan fingerprint density at radius 2 is 1.75 bits per heavy atom. The summed E-state index contributed by atoms with van der Waals surface area (Å²) in [5.41, 5.74) is 1.07. The van der Waals surface area contributed by atoms with Crippen LogP contribution >= 0.6 is 0 Å². The van der Waals surface area contributed by atoms with Crippen LogP contribution in [0.15, 0.2) is 42.5 Å². The molecule has 0 heterocycles. The molecule has 0 saturated heterocycles. The summed E-state index contributed by atoms with van der Waals surface area (Å²) in [5, 5.41) is 31.1. The predicted molar refractivity (Wildman–Crippen MR) is 85.2 cm³/mol. The predicted octanol–water partition coefficient (Wildman–Crippen LogP) is 1.87. The van der Waals surface area contributed by atoms with Gasteiger partial charge in [-0.15, -0.1) is 0 Å². The summed E-state index contributed by atoms with van der Waals surface area (Å²) in [6, 6.07) is 10.5. The number of rotatable bonds is 7. The number of carboxylic acids is 2. The Bertz CT molecular complexity index is 741. The quantitative estimate of drug-likeness (QED) is 0.572. The average Bonchev–Trinajstić information content (AvgIpc) is 2.59. The molecule has 2 aromatic carbocycles. The van der Waals surface area contributed by atoms with Crippen LogP contribution in [-0.4, -0.2) is 34.4 Å². The molecular formula is C17H17NO6. The maximum Gasteiger partial charge on any atom is 0.336 e. The van der Waals surface area contributed by atoms with Gasteiger partial charge in [-0.3, -0.25) is 5.32 Å². The molecule has 24 heavy (non-hydrogen) atoms. The smallest absolute Gasteiger partial charge is 0.336 e. The maximum absolute atomic E-state index is 11.3. The molecule has 0 aliphatic carbocycles. The number of aliphatic hydroxyl groups excluding tert-OH is 1. The van der Waals surface area contributed by atoms with Crippen molar-refractivity contribution in [2.45, 2.75) is 12.8 Å². The van der Waals surface area contributed by atoms with Crippen molar-refractivity contribution in [3.63, 3.8) is 0 Å². The highest BCUT2D eigenvalue weighted by Crippen LogP contribution is 2.23. The zero-order chi connectivity index (χ0) is 17.7. The SMILES string of the molecule is COc1ccc(C(=O)O)c(C(O)NCc2ccc(C(=O)O)cc2)c1. The number of benzene rings is 2. The Balaban J connectivity index is 2.13. The van der Waals surface area contributed by atoms with Crippen LogP contribution in [0.4, 0.5) is 0 Å². The zero-order valence-corrected chi connectivity index (χ0v) is 12.9. The molecular weight excluding hydrogens is 314 g/mol. The fourth-order valence-electron chi connectivity index (χ4n) is 2.18. The molecule has 1 atom stereocenters. The number of aliphatic hydroxyl groups is 1. The molecule has 0 spiro atoms. The lowest BCUT2D eigenvalue weighted by molar-refractivity contribution is 0.0679. The summed E-state index contributed by atoms with van der Waals surface area (Å²) in [5.74, 6) is -1.74. The summed E-state index contributed by atoms with van der Waals surface area (Å²) in [6.07, 6.45) is -1.22. The van der Waals surface area contributed by atoms with Crippen LogP contribution in [0.1, 0.15) is 38.1 Å². The maximum atomic E-state index is 11.3. The van der Waals surface area contributed by atoms with E-state index < -0.39 is 18.2 Å². The molecule has 0 aromatic heterocycles. The van der Waals surface area contributed by atoms with Crippen LogP contribution < -0.4 is 10.1 Å². The van der Waals surface area contributed by atoms with Crippen LogP contribution in [-0.2, 0) is 6.54 Å². The van der Waals surface area contributed by atoms with Crippen molar-refractivity contribution in [2.24, 2.45) is 0 Å². The summed E-state index contributed by atoms with van der Waals surface area (Å²) in [6.45, 7) is 0.233. The van der Waals surface area contributed by atoms with Gasteiger partial charge < -0.3 is 20.1 Å². The van der Waals surface area contributed by atoms with Crippen molar-refractivity contribution in [1.82, 2.24) is 5.32 Å². The van der Waals surface area contributed by atoms with Crippen LogP contribution in [0.25, 0.3) is 0 Å². The Labute approximate surface area is 138 Å². The molecule has 1 unspecified atom stereocenters. The lowest BCUT2D eigenvalue weighted by Crippen LogP contribution is -2.22. The first kappa shape index (κ1) is 17.5. The van der Waals surface area contributed by atoms with Crippen molar-refractivity contribution >= 4 is 11.9 Å². The first-order valence-electron chi connectivity index (χ1n) is 7.07. The minimum absolute atomic E-state index is 0.0305. The second kappa shape index (κ2) is 7.58. The number of hydrogen-bond donors (Lipinski definition) is 4. The fraction of sp³-hybridized carbons (Fsp3) is 0.176. The number of carboxylic acid groups (broad SMARTS) is 2. The Kier molecular flexibility index (Phi) is 5.51. The van der Waals surface area contributed by atoms with Gasteiger partial charge in [0.2, 0.25) is 0 Å². The highest BCUT2D eigenvalue weighted by atomic mass is 16.5. The van der Waals surface area contributed by atoms with Gasteiger partial charge in [0.1, 0.15) is 12.0 Å². The molecule has 0 bridgehead atoms. The van der Waals surface area contributed by atoms with Gasteiger partial charge in [0, 0.05) is 12.1 Å². The van der Waals surface area contributed by atoms with Crippen molar-refractivity contribution in [2.75, 3.05) is 7.11 Å². The van der Waals surface area contributed by atoms with E-state index in [1.165, 1.54) is 37.4 Å². The van der Waals surface area contributed by atoms with Gasteiger partial charge >= 0.3 is 11.9 Å². The van der Waals surface area contributed by atoms with E-state index in [4.69, 9.17) is 9.84 Å². The van der Waals surface area contributed by atoms with Gasteiger partial charge in [-0.25, -0.2) is 9.59 Å². The van der Waals surface area contributed by atoms with Crippen LogP contribution in [0.5, 0.6) is 5.75 Å². The van der Waals surface area contributed by atoms with E-state index in [0.29, 0.717) is 5.75 Å². The monoisotopic (exact) mass is 331 g/mol. The molecule has 0 radical (unpaired) electrons. The molecule has 7 nitrogen and oxygen atoms in total. The van der Waals surface area contributed by atoms with Gasteiger partial charge in [-0.05, 0) is 35.9 Å². The number of hydrogen-bond acceptors (Lipinski definition) is 5. The Morgan fingerprint density at radius 1 is 1.08 bits per heavy atom. The molecule has 2 rings (SSSR count). The van der Waals surface area contributed by atoms with E-state index in [9.17, 15) is 19.8 Å². The lowest BCUT2D eigenvalue weighted by Gasteiger charge is -2.16. The molecule has 4 N–H and O–H groups in total. The average molecular weight is 331 g/mol. The molecule has 0 amide bonds. The lowest BCUT2D eigenvalue weighted by atomic mass is 10.1. The molecule has 0 saturated carbocycles. The first-order chi connectivity index (χ1) is 11.4. The number of nitrogens with one attached hydrogen (secondary N) is 1. The number of ether oxygens (including phenoxy) is 1. The van der Waals surface area contributed by atoms with Crippen molar-refractivity contribution in [3.8, 4) is 5.75 Å². The van der Waals surface area contributed by atoms with Crippen LogP contribution in [0.3, 0.4) is 0 Å². The normalized spacial score (nSPS) is 11.8. The van der Waals surface area contributed by atoms with Gasteiger partial charge in [-0.2, -0.15) is 0 Å². The van der Waals surface area contributed by atoms with Gasteiger partial charge in [0.05, 0.1) is 18.2 Å². The molecule has 0 aliphatic heterocycles. The fourth-order valence-corrected chi connectivity index (χ4v) is 2.18. The molecule has 0 fully saturated rings. The second-order valence-corrected chi connectivity index (χ2v) is 5.04. The molecule has 0 aliphatic rings. The highest BCUT2D eigenvalue weighted by Gasteiger charge is 2.17. The number of methoxy groups -OCH3 is 1. The molecule has 2 aromatic rings. The van der Waals surface area contributed by atoms with Crippen LogP contribution in [0.2, 0.25) is 0 Å². The standard InChI is InChI=1S/C17H17NO6/c1-24-12-6-7-13(17(22)23)14(8-12)15(19)18-9-10-2-4-11(5-3-10)16(20)21/h2-8,15,18-19H,9H2,1H3,(H,20,21)(H,22,23). The third-order valence-corrected chi connectivity index (χ3v) is 3.48. The summed E-state index contributed by atoms with van der Waals surface area (Å²) in [4.78, 5) is 22.1. The van der Waals surface area contributed by atoms with Crippen molar-refractivity contribution < 1.29 is 29.6 Å². The largest absolute Gasteiger partial charge is 0.497 e. The zero-order valence-electron chi connectivity index (χ0n) is 12.9. The third kappa shape index (κ3) is 4.09. The first-order valence-corrected chi connectivity index (χ1v) is 7.07. The summed E-state index contributed by atoms with van der Waals surface area (Å²) in [7, 11) is 1.45. The Morgan fingerprint density at radius 3 is 2.29 bits per heavy atom. The minimum Gasteiger partial charge on any atom is -0.497 e. The second-order valence-electron chi connectivity index (χ2n) is 5.04. The molecule has 7 heteroatoms. The minimum atomic E-state index is -1.22. The highest BCUT2D eigenvalue weighted by molar-refractivity contribution is 5.89. The van der Waals surface area contributed by atoms with E-state index in [1.807, 2.05) is 0 Å². The van der Waals surface area contributed by atoms with E-state index in [1.54, 1.807) is 12.1 Å². The number of carbonyl (C=O) groups is 2. The van der Waals surface area contributed by atoms with E-state index >= 15 is 0 Å². The van der Waals surface area contributed by atoms with Crippen molar-refractivity contribution in [1.29, 1.82) is 0 Å². The molecule has 126 valence electrons. The van der Waals surface area contributed by atoms with E-state index in [2.05, 4.69) is 5.32 Å². The Hall–Kier alpha value is -2.90. The van der Waals surface area contributed by atoms with Crippen LogP contribution in [0, 0.1) is 0 Å². The van der Waals surface area contributed by atoms with Gasteiger partial charge in [0.25, 0.3) is 0 Å².